The minimum absolute atomic E-state index is 0.211. The first kappa shape index (κ1) is 11.4. The first-order valence-corrected chi connectivity index (χ1v) is 6.74. The summed E-state index contributed by atoms with van der Waals surface area (Å²) >= 11 is 8.54. The van der Waals surface area contributed by atoms with E-state index in [1.807, 2.05) is 19.1 Å². The summed E-state index contributed by atoms with van der Waals surface area (Å²) in [6.07, 6.45) is 1.67. The topological polar surface area (TPSA) is 39.2 Å². The minimum atomic E-state index is -0.211. The third-order valence-electron chi connectivity index (χ3n) is 2.20. The van der Waals surface area contributed by atoms with Gasteiger partial charge in [0.2, 0.25) is 0 Å². The fourth-order valence-electron chi connectivity index (χ4n) is 1.41. The molecule has 0 aliphatic carbocycles. The summed E-state index contributed by atoms with van der Waals surface area (Å²) in [4.78, 5) is 0. The standard InChI is InChI=1S/C10H9Br2NOS/c1-5-2-3-14-9(5)8(13)6-4-7(11)15-10(6)12/h2-4,8H,13H2,1H3. The Morgan fingerprint density at radius 3 is 2.67 bits per heavy atom. The number of furan rings is 1. The maximum absolute atomic E-state index is 6.14. The Bertz CT molecular complexity index is 477. The largest absolute Gasteiger partial charge is 0.467 e. The van der Waals surface area contributed by atoms with Gasteiger partial charge in [-0.05, 0) is 56.5 Å². The second kappa shape index (κ2) is 4.41. The van der Waals surface area contributed by atoms with Crippen LogP contribution < -0.4 is 5.73 Å². The monoisotopic (exact) mass is 349 g/mol. The molecule has 0 saturated carbocycles. The minimum Gasteiger partial charge on any atom is -0.467 e. The fourth-order valence-corrected chi connectivity index (χ4v) is 4.34. The molecule has 15 heavy (non-hydrogen) atoms. The van der Waals surface area contributed by atoms with E-state index in [0.717, 1.165) is 24.5 Å². The van der Waals surface area contributed by atoms with Crippen molar-refractivity contribution in [3.05, 3.63) is 42.9 Å². The average molecular weight is 351 g/mol. The van der Waals surface area contributed by atoms with Gasteiger partial charge in [0, 0.05) is 5.56 Å². The Labute approximate surface area is 109 Å². The van der Waals surface area contributed by atoms with Gasteiger partial charge in [-0.1, -0.05) is 0 Å². The van der Waals surface area contributed by atoms with Gasteiger partial charge in [-0.2, -0.15) is 0 Å². The zero-order valence-electron chi connectivity index (χ0n) is 7.96. The van der Waals surface area contributed by atoms with Crippen molar-refractivity contribution in [1.29, 1.82) is 0 Å². The molecular formula is C10H9Br2NOS. The van der Waals surface area contributed by atoms with Crippen molar-refractivity contribution in [2.75, 3.05) is 0 Å². The van der Waals surface area contributed by atoms with Gasteiger partial charge in [0.25, 0.3) is 0 Å². The van der Waals surface area contributed by atoms with Crippen molar-refractivity contribution in [2.24, 2.45) is 5.73 Å². The van der Waals surface area contributed by atoms with Crippen LogP contribution >= 0.6 is 43.2 Å². The van der Waals surface area contributed by atoms with Gasteiger partial charge in [-0.25, -0.2) is 0 Å². The highest BCUT2D eigenvalue weighted by Crippen LogP contribution is 2.37. The first-order chi connectivity index (χ1) is 7.09. The van der Waals surface area contributed by atoms with Gasteiger partial charge in [0.15, 0.2) is 0 Å². The Balaban J connectivity index is 2.40. The first-order valence-electron chi connectivity index (χ1n) is 4.34. The third kappa shape index (κ3) is 2.20. The van der Waals surface area contributed by atoms with Crippen LogP contribution in [0.25, 0.3) is 0 Å². The molecule has 2 N–H and O–H groups in total. The molecule has 0 amide bonds. The number of hydrogen-bond donors (Lipinski definition) is 1. The lowest BCUT2D eigenvalue weighted by atomic mass is 10.1. The average Bonchev–Trinajstić information content (AvgIpc) is 2.71. The van der Waals surface area contributed by atoms with E-state index in [1.54, 1.807) is 17.6 Å². The molecule has 80 valence electrons. The summed E-state index contributed by atoms with van der Waals surface area (Å²) in [5, 5.41) is 0. The maximum Gasteiger partial charge on any atom is 0.127 e. The molecule has 0 spiro atoms. The number of thiophene rings is 1. The quantitative estimate of drug-likeness (QED) is 0.880. The van der Waals surface area contributed by atoms with Crippen LogP contribution in [0.5, 0.6) is 0 Å². The van der Waals surface area contributed by atoms with Gasteiger partial charge in [0.1, 0.15) is 5.76 Å². The summed E-state index contributed by atoms with van der Waals surface area (Å²) < 4.78 is 7.49. The van der Waals surface area contributed by atoms with E-state index in [0.29, 0.717) is 0 Å². The lowest BCUT2D eigenvalue weighted by molar-refractivity contribution is 0.487. The van der Waals surface area contributed by atoms with Crippen molar-refractivity contribution in [3.8, 4) is 0 Å². The normalized spacial score (nSPS) is 13.1. The highest BCUT2D eigenvalue weighted by atomic mass is 79.9. The Morgan fingerprint density at radius 2 is 2.20 bits per heavy atom. The van der Waals surface area contributed by atoms with Gasteiger partial charge in [-0.15, -0.1) is 11.3 Å². The second-order valence-electron chi connectivity index (χ2n) is 3.23. The molecule has 0 saturated heterocycles. The Kier molecular flexibility index (Phi) is 3.35. The van der Waals surface area contributed by atoms with E-state index < -0.39 is 0 Å². The van der Waals surface area contributed by atoms with Crippen molar-refractivity contribution in [3.63, 3.8) is 0 Å². The van der Waals surface area contributed by atoms with E-state index in [2.05, 4.69) is 31.9 Å². The molecule has 0 fully saturated rings. The molecule has 0 aromatic carbocycles. The van der Waals surface area contributed by atoms with E-state index in [1.165, 1.54) is 0 Å². The van der Waals surface area contributed by atoms with Crippen molar-refractivity contribution in [1.82, 2.24) is 0 Å². The second-order valence-corrected chi connectivity index (χ2v) is 6.97. The fraction of sp³-hybridized carbons (Fsp3) is 0.200. The van der Waals surface area contributed by atoms with E-state index in [-0.39, 0.29) is 6.04 Å². The van der Waals surface area contributed by atoms with Gasteiger partial charge >= 0.3 is 0 Å². The lowest BCUT2D eigenvalue weighted by Crippen LogP contribution is -2.11. The smallest absolute Gasteiger partial charge is 0.127 e. The molecule has 2 heterocycles. The highest BCUT2D eigenvalue weighted by molar-refractivity contribution is 9.12. The number of nitrogens with two attached hydrogens (primary N) is 1. The number of hydrogen-bond acceptors (Lipinski definition) is 3. The van der Waals surface area contributed by atoms with Crippen LogP contribution in [0.4, 0.5) is 0 Å². The zero-order chi connectivity index (χ0) is 11.0. The van der Waals surface area contributed by atoms with E-state index in [4.69, 9.17) is 10.2 Å². The Morgan fingerprint density at radius 1 is 1.47 bits per heavy atom. The predicted octanol–water partition coefficient (Wildman–Crippen LogP) is 4.22. The molecular weight excluding hydrogens is 342 g/mol. The molecule has 2 rings (SSSR count). The predicted molar refractivity (Wildman–Crippen MR) is 69.2 cm³/mol. The SMILES string of the molecule is Cc1ccoc1C(N)c1cc(Br)sc1Br. The zero-order valence-corrected chi connectivity index (χ0v) is 11.9. The third-order valence-corrected chi connectivity index (χ3v) is 4.59. The summed E-state index contributed by atoms with van der Waals surface area (Å²) in [5.74, 6) is 0.820. The molecule has 0 bridgehead atoms. The van der Waals surface area contributed by atoms with Crippen LogP contribution in [-0.2, 0) is 0 Å². The van der Waals surface area contributed by atoms with Crippen LogP contribution in [0, 0.1) is 6.92 Å². The summed E-state index contributed by atoms with van der Waals surface area (Å²) in [6, 6.07) is 3.73. The molecule has 2 aromatic rings. The summed E-state index contributed by atoms with van der Waals surface area (Å²) in [7, 11) is 0. The molecule has 1 unspecified atom stereocenters. The van der Waals surface area contributed by atoms with Crippen LogP contribution in [0.3, 0.4) is 0 Å². The highest BCUT2D eigenvalue weighted by Gasteiger charge is 2.19. The molecule has 2 nitrogen and oxygen atoms in total. The summed E-state index contributed by atoms with van der Waals surface area (Å²) in [5.41, 5.74) is 8.26. The lowest BCUT2D eigenvalue weighted by Gasteiger charge is -2.08. The number of rotatable bonds is 2. The molecule has 1 atom stereocenters. The van der Waals surface area contributed by atoms with Crippen molar-refractivity contribution in [2.45, 2.75) is 13.0 Å². The van der Waals surface area contributed by atoms with E-state index in [9.17, 15) is 0 Å². The summed E-state index contributed by atoms with van der Waals surface area (Å²) in [6.45, 7) is 1.99. The van der Waals surface area contributed by atoms with Crippen LogP contribution in [-0.4, -0.2) is 0 Å². The van der Waals surface area contributed by atoms with Crippen LogP contribution in [0.1, 0.15) is 22.9 Å². The Hall–Kier alpha value is -0.100. The molecule has 2 aromatic heterocycles. The number of halogens is 2. The van der Waals surface area contributed by atoms with Gasteiger partial charge in [-0.3, -0.25) is 0 Å². The molecule has 0 radical (unpaired) electrons. The molecule has 5 heteroatoms. The van der Waals surface area contributed by atoms with Crippen molar-refractivity contribution >= 4 is 43.2 Å². The van der Waals surface area contributed by atoms with Crippen LogP contribution in [0.15, 0.2) is 30.4 Å². The number of aryl methyl sites for hydroxylation is 1. The van der Waals surface area contributed by atoms with Crippen LogP contribution in [0.2, 0.25) is 0 Å². The maximum atomic E-state index is 6.14. The van der Waals surface area contributed by atoms with Gasteiger partial charge < -0.3 is 10.2 Å². The van der Waals surface area contributed by atoms with Gasteiger partial charge in [0.05, 0.1) is 19.9 Å². The molecule has 0 aliphatic heterocycles. The van der Waals surface area contributed by atoms with E-state index >= 15 is 0 Å². The van der Waals surface area contributed by atoms with Crippen molar-refractivity contribution < 1.29 is 4.42 Å². The molecule has 0 aliphatic rings.